The first-order valence-electron chi connectivity index (χ1n) is 7.06. The van der Waals surface area contributed by atoms with Crippen molar-refractivity contribution >= 4 is 34.3 Å². The highest BCUT2D eigenvalue weighted by Crippen LogP contribution is 2.42. The highest BCUT2D eigenvalue weighted by Gasteiger charge is 2.35. The summed E-state index contributed by atoms with van der Waals surface area (Å²) in [4.78, 5) is 19.3. The number of nitrogens with one attached hydrogen (secondary N) is 2. The van der Waals surface area contributed by atoms with Crippen LogP contribution in [0.5, 0.6) is 0 Å². The van der Waals surface area contributed by atoms with E-state index < -0.39 is 0 Å². The first-order valence-corrected chi connectivity index (χ1v) is 8.66. The quantitative estimate of drug-likeness (QED) is 0.888. The summed E-state index contributed by atoms with van der Waals surface area (Å²) in [6.45, 7) is 1.52. The maximum absolute atomic E-state index is 12.0. The monoisotopic (exact) mass is 323 g/mol. The number of halogens is 1. The van der Waals surface area contributed by atoms with Crippen molar-refractivity contribution in [1.82, 2.24) is 15.3 Å². The molecular weight excluding hydrogens is 306 g/mol. The fourth-order valence-corrected chi connectivity index (χ4v) is 3.79. The normalized spacial score (nSPS) is 16.9. The van der Waals surface area contributed by atoms with E-state index in [9.17, 15) is 4.79 Å². The SMILES string of the molecule is CSC1(CNCc2nc3cc(Cl)ccc3c(=O)[nH]2)CCC1. The van der Waals surface area contributed by atoms with E-state index in [1.165, 1.54) is 19.3 Å². The highest BCUT2D eigenvalue weighted by molar-refractivity contribution is 8.00. The predicted octanol–water partition coefficient (Wildman–Crippen LogP) is 2.95. The Morgan fingerprint density at radius 3 is 2.95 bits per heavy atom. The highest BCUT2D eigenvalue weighted by atomic mass is 35.5. The summed E-state index contributed by atoms with van der Waals surface area (Å²) in [5, 5.41) is 4.58. The molecular formula is C15H18ClN3OS. The van der Waals surface area contributed by atoms with Crippen LogP contribution in [-0.4, -0.2) is 27.5 Å². The predicted molar refractivity (Wildman–Crippen MR) is 89.2 cm³/mol. The van der Waals surface area contributed by atoms with Gasteiger partial charge in [-0.05, 0) is 37.3 Å². The van der Waals surface area contributed by atoms with Gasteiger partial charge in [0.05, 0.1) is 17.4 Å². The largest absolute Gasteiger partial charge is 0.309 e. The van der Waals surface area contributed by atoms with Crippen molar-refractivity contribution in [2.24, 2.45) is 0 Å². The number of fused-ring (bicyclic) bond motifs is 1. The molecule has 1 fully saturated rings. The molecule has 2 aromatic rings. The Morgan fingerprint density at radius 2 is 2.29 bits per heavy atom. The zero-order valence-electron chi connectivity index (χ0n) is 11.9. The molecule has 112 valence electrons. The smallest absolute Gasteiger partial charge is 0.258 e. The molecule has 0 bridgehead atoms. The van der Waals surface area contributed by atoms with Crippen LogP contribution in [0.3, 0.4) is 0 Å². The molecule has 0 saturated heterocycles. The minimum absolute atomic E-state index is 0.114. The van der Waals surface area contributed by atoms with Crippen molar-refractivity contribution in [2.45, 2.75) is 30.6 Å². The van der Waals surface area contributed by atoms with E-state index in [-0.39, 0.29) is 5.56 Å². The van der Waals surface area contributed by atoms with E-state index in [1.54, 1.807) is 18.2 Å². The van der Waals surface area contributed by atoms with Crippen molar-refractivity contribution in [2.75, 3.05) is 12.8 Å². The fraction of sp³-hybridized carbons (Fsp3) is 0.467. The van der Waals surface area contributed by atoms with E-state index in [1.807, 2.05) is 11.8 Å². The van der Waals surface area contributed by atoms with Gasteiger partial charge in [0, 0.05) is 16.3 Å². The number of benzene rings is 1. The van der Waals surface area contributed by atoms with Crippen LogP contribution in [-0.2, 0) is 6.54 Å². The molecule has 0 amide bonds. The average Bonchev–Trinajstić information content (AvgIpc) is 2.41. The molecule has 1 aliphatic rings. The molecule has 0 spiro atoms. The maximum Gasteiger partial charge on any atom is 0.258 e. The van der Waals surface area contributed by atoms with E-state index in [2.05, 4.69) is 21.5 Å². The molecule has 1 saturated carbocycles. The van der Waals surface area contributed by atoms with Crippen molar-refractivity contribution < 1.29 is 0 Å². The number of nitrogens with zero attached hydrogens (tertiary/aromatic N) is 1. The van der Waals surface area contributed by atoms with Gasteiger partial charge in [-0.25, -0.2) is 4.98 Å². The first kappa shape index (κ1) is 14.9. The zero-order chi connectivity index (χ0) is 14.9. The summed E-state index contributed by atoms with van der Waals surface area (Å²) in [5.41, 5.74) is 0.531. The molecule has 4 nitrogen and oxygen atoms in total. The van der Waals surface area contributed by atoms with Crippen LogP contribution in [0.4, 0.5) is 0 Å². The second-order valence-corrected chi connectivity index (χ2v) is 7.23. The van der Waals surface area contributed by atoms with E-state index in [0.29, 0.717) is 33.0 Å². The second-order valence-electron chi connectivity index (χ2n) is 5.52. The lowest BCUT2D eigenvalue weighted by Gasteiger charge is -2.40. The van der Waals surface area contributed by atoms with Gasteiger partial charge in [0.25, 0.3) is 5.56 Å². The van der Waals surface area contributed by atoms with Crippen LogP contribution in [0, 0.1) is 0 Å². The second kappa shape index (κ2) is 5.99. The van der Waals surface area contributed by atoms with Gasteiger partial charge in [0.1, 0.15) is 5.82 Å². The molecule has 0 unspecified atom stereocenters. The molecule has 0 atom stereocenters. The number of hydrogen-bond acceptors (Lipinski definition) is 4. The maximum atomic E-state index is 12.0. The van der Waals surface area contributed by atoms with Crippen LogP contribution in [0.25, 0.3) is 10.9 Å². The molecule has 1 aromatic heterocycles. The Hall–Kier alpha value is -1.04. The van der Waals surface area contributed by atoms with Crippen LogP contribution in [0.2, 0.25) is 5.02 Å². The van der Waals surface area contributed by atoms with Gasteiger partial charge in [0.15, 0.2) is 0 Å². The summed E-state index contributed by atoms with van der Waals surface area (Å²) < 4.78 is 0.375. The van der Waals surface area contributed by atoms with Gasteiger partial charge in [-0.1, -0.05) is 18.0 Å². The van der Waals surface area contributed by atoms with Crippen LogP contribution < -0.4 is 10.9 Å². The van der Waals surface area contributed by atoms with Gasteiger partial charge in [0.2, 0.25) is 0 Å². The molecule has 0 aliphatic heterocycles. The van der Waals surface area contributed by atoms with E-state index in [0.717, 1.165) is 6.54 Å². The van der Waals surface area contributed by atoms with Crippen molar-refractivity contribution in [1.29, 1.82) is 0 Å². The zero-order valence-corrected chi connectivity index (χ0v) is 13.5. The van der Waals surface area contributed by atoms with Crippen LogP contribution >= 0.6 is 23.4 Å². The van der Waals surface area contributed by atoms with Gasteiger partial charge in [-0.15, -0.1) is 0 Å². The number of aromatic nitrogens is 2. The fourth-order valence-electron chi connectivity index (χ4n) is 2.68. The lowest BCUT2D eigenvalue weighted by Crippen LogP contribution is -2.43. The molecule has 0 radical (unpaired) electrons. The number of aromatic amines is 1. The first-order chi connectivity index (χ1) is 10.1. The summed E-state index contributed by atoms with van der Waals surface area (Å²) in [6, 6.07) is 5.14. The standard InChI is InChI=1S/C15H18ClN3OS/c1-21-15(5-2-6-15)9-17-8-13-18-12-7-10(16)3-4-11(12)14(20)19-13/h3-4,7,17H,2,5-6,8-9H2,1H3,(H,18,19,20). The Balaban J connectivity index is 1.73. The molecule has 1 aliphatic carbocycles. The lowest BCUT2D eigenvalue weighted by molar-refractivity contribution is 0.344. The molecule has 6 heteroatoms. The molecule has 21 heavy (non-hydrogen) atoms. The summed E-state index contributed by atoms with van der Waals surface area (Å²) >= 11 is 7.89. The van der Waals surface area contributed by atoms with Crippen molar-refractivity contribution in [3.63, 3.8) is 0 Å². The van der Waals surface area contributed by atoms with E-state index in [4.69, 9.17) is 11.6 Å². The van der Waals surface area contributed by atoms with E-state index >= 15 is 0 Å². The number of rotatable bonds is 5. The third-order valence-corrected chi connectivity index (χ3v) is 5.81. The average molecular weight is 324 g/mol. The minimum Gasteiger partial charge on any atom is -0.309 e. The number of hydrogen-bond donors (Lipinski definition) is 2. The van der Waals surface area contributed by atoms with Gasteiger partial charge >= 0.3 is 0 Å². The molecule has 1 aromatic carbocycles. The lowest BCUT2D eigenvalue weighted by atomic mass is 9.84. The number of H-pyrrole nitrogens is 1. The Bertz CT molecular complexity index is 706. The third-order valence-electron chi connectivity index (χ3n) is 4.16. The van der Waals surface area contributed by atoms with Gasteiger partial charge in [-0.3, -0.25) is 4.79 Å². The van der Waals surface area contributed by atoms with Gasteiger partial charge < -0.3 is 10.3 Å². The Labute approximate surface area is 132 Å². The van der Waals surface area contributed by atoms with Crippen LogP contribution in [0.15, 0.2) is 23.0 Å². The minimum atomic E-state index is -0.114. The van der Waals surface area contributed by atoms with Crippen LogP contribution in [0.1, 0.15) is 25.1 Å². The Morgan fingerprint density at radius 1 is 1.48 bits per heavy atom. The summed E-state index contributed by atoms with van der Waals surface area (Å²) in [6.07, 6.45) is 6.00. The van der Waals surface area contributed by atoms with Crippen molar-refractivity contribution in [3.05, 3.63) is 39.4 Å². The molecule has 2 N–H and O–H groups in total. The number of thioether (sulfide) groups is 1. The third kappa shape index (κ3) is 3.10. The van der Waals surface area contributed by atoms with Crippen molar-refractivity contribution in [3.8, 4) is 0 Å². The van der Waals surface area contributed by atoms with Gasteiger partial charge in [-0.2, -0.15) is 11.8 Å². The summed E-state index contributed by atoms with van der Waals surface area (Å²) in [7, 11) is 0. The molecule has 3 rings (SSSR count). The topological polar surface area (TPSA) is 57.8 Å². The Kier molecular flexibility index (Phi) is 4.24. The molecule has 1 heterocycles. The summed E-state index contributed by atoms with van der Waals surface area (Å²) in [5.74, 6) is 0.658.